The first kappa shape index (κ1) is 11.8. The number of nitriles is 1. The van der Waals surface area contributed by atoms with Crippen LogP contribution in [0, 0.1) is 17.2 Å². The molecule has 1 aliphatic heterocycles. The third-order valence-electron chi connectivity index (χ3n) is 2.48. The number of hydrogen-bond acceptors (Lipinski definition) is 3. The molecule has 1 rings (SSSR count). The standard InChI is InChI=1S/C10H16ClNO2/c1-10(2,11)8(3-4-12)7-9-13-5-6-14-9/h8-9H,3,5-7H2,1-2H3. The van der Waals surface area contributed by atoms with E-state index in [1.807, 2.05) is 13.8 Å². The SMILES string of the molecule is CC(C)(Cl)C(CC#N)CC1OCCO1. The van der Waals surface area contributed by atoms with E-state index in [0.29, 0.717) is 26.1 Å². The Morgan fingerprint density at radius 3 is 2.50 bits per heavy atom. The lowest BCUT2D eigenvalue weighted by molar-refractivity contribution is -0.0591. The maximum atomic E-state index is 8.68. The van der Waals surface area contributed by atoms with Crippen molar-refractivity contribution in [1.29, 1.82) is 5.26 Å². The molecule has 1 aliphatic rings. The van der Waals surface area contributed by atoms with E-state index in [2.05, 4.69) is 6.07 Å². The second-order valence-electron chi connectivity index (χ2n) is 4.03. The van der Waals surface area contributed by atoms with Crippen LogP contribution in [0.25, 0.3) is 0 Å². The van der Waals surface area contributed by atoms with Gasteiger partial charge in [-0.3, -0.25) is 0 Å². The van der Waals surface area contributed by atoms with Crippen LogP contribution in [0.1, 0.15) is 26.7 Å². The first-order valence-corrected chi connectivity index (χ1v) is 5.21. The number of nitrogens with zero attached hydrogens (tertiary/aromatic N) is 1. The summed E-state index contributed by atoms with van der Waals surface area (Å²) < 4.78 is 10.7. The molecule has 1 atom stereocenters. The van der Waals surface area contributed by atoms with E-state index in [9.17, 15) is 0 Å². The molecule has 1 unspecified atom stereocenters. The highest BCUT2D eigenvalue weighted by Crippen LogP contribution is 2.32. The fraction of sp³-hybridized carbons (Fsp3) is 0.900. The van der Waals surface area contributed by atoms with Crippen LogP contribution in [0.3, 0.4) is 0 Å². The van der Waals surface area contributed by atoms with Gasteiger partial charge in [-0.1, -0.05) is 0 Å². The number of rotatable bonds is 4. The third-order valence-corrected chi connectivity index (χ3v) is 2.78. The fourth-order valence-electron chi connectivity index (χ4n) is 1.49. The lowest BCUT2D eigenvalue weighted by atomic mass is 9.89. The molecule has 0 saturated carbocycles. The molecule has 3 nitrogen and oxygen atoms in total. The predicted octanol–water partition coefficient (Wildman–Crippen LogP) is 2.30. The molecule has 0 amide bonds. The Morgan fingerprint density at radius 1 is 1.50 bits per heavy atom. The van der Waals surface area contributed by atoms with Gasteiger partial charge in [-0.2, -0.15) is 5.26 Å². The molecule has 1 fully saturated rings. The van der Waals surface area contributed by atoms with Gasteiger partial charge in [0.2, 0.25) is 0 Å². The van der Waals surface area contributed by atoms with Crippen molar-refractivity contribution in [1.82, 2.24) is 0 Å². The van der Waals surface area contributed by atoms with Crippen LogP contribution < -0.4 is 0 Å². The van der Waals surface area contributed by atoms with E-state index in [1.165, 1.54) is 0 Å². The smallest absolute Gasteiger partial charge is 0.158 e. The van der Waals surface area contributed by atoms with Gasteiger partial charge in [-0.15, -0.1) is 11.6 Å². The van der Waals surface area contributed by atoms with Gasteiger partial charge in [-0.05, 0) is 19.8 Å². The Balaban J connectivity index is 2.47. The Hall–Kier alpha value is -0.300. The van der Waals surface area contributed by atoms with Gasteiger partial charge in [0.15, 0.2) is 6.29 Å². The highest BCUT2D eigenvalue weighted by atomic mass is 35.5. The second-order valence-corrected chi connectivity index (χ2v) is 5.00. The zero-order chi connectivity index (χ0) is 10.6. The van der Waals surface area contributed by atoms with Crippen molar-refractivity contribution in [2.24, 2.45) is 5.92 Å². The minimum absolute atomic E-state index is 0.109. The quantitative estimate of drug-likeness (QED) is 0.679. The number of alkyl halides is 1. The molecule has 4 heteroatoms. The molecule has 0 bridgehead atoms. The van der Waals surface area contributed by atoms with Crippen LogP contribution in [0.15, 0.2) is 0 Å². The Morgan fingerprint density at radius 2 is 2.07 bits per heavy atom. The first-order chi connectivity index (χ1) is 6.54. The lowest BCUT2D eigenvalue weighted by Gasteiger charge is -2.27. The van der Waals surface area contributed by atoms with E-state index < -0.39 is 0 Å². The van der Waals surface area contributed by atoms with Crippen LogP contribution >= 0.6 is 11.6 Å². The summed E-state index contributed by atoms with van der Waals surface area (Å²) in [6, 6.07) is 2.15. The molecule has 0 aromatic rings. The molecule has 0 spiro atoms. The number of ether oxygens (including phenoxy) is 2. The van der Waals surface area contributed by atoms with Crippen molar-refractivity contribution in [3.63, 3.8) is 0 Å². The third kappa shape index (κ3) is 3.45. The van der Waals surface area contributed by atoms with Gasteiger partial charge in [0.25, 0.3) is 0 Å². The molecule has 1 heterocycles. The molecular formula is C10H16ClNO2. The van der Waals surface area contributed by atoms with Gasteiger partial charge in [0, 0.05) is 17.7 Å². The van der Waals surface area contributed by atoms with Crippen molar-refractivity contribution in [2.75, 3.05) is 13.2 Å². The summed E-state index contributed by atoms with van der Waals surface area (Å²) in [6.07, 6.45) is 0.968. The van der Waals surface area contributed by atoms with Crippen molar-refractivity contribution in [3.05, 3.63) is 0 Å². The average Bonchev–Trinajstić information content (AvgIpc) is 2.54. The topological polar surface area (TPSA) is 42.2 Å². The minimum Gasteiger partial charge on any atom is -0.350 e. The molecule has 80 valence electrons. The summed E-state index contributed by atoms with van der Waals surface area (Å²) >= 11 is 6.19. The lowest BCUT2D eigenvalue weighted by Crippen LogP contribution is -2.28. The van der Waals surface area contributed by atoms with Crippen LogP contribution in [-0.4, -0.2) is 24.4 Å². The summed E-state index contributed by atoms with van der Waals surface area (Å²) in [4.78, 5) is -0.384. The van der Waals surface area contributed by atoms with Gasteiger partial charge in [-0.25, -0.2) is 0 Å². The monoisotopic (exact) mass is 217 g/mol. The van der Waals surface area contributed by atoms with Crippen LogP contribution in [0.5, 0.6) is 0 Å². The van der Waals surface area contributed by atoms with Gasteiger partial charge in [0.05, 0.1) is 19.3 Å². The molecule has 14 heavy (non-hydrogen) atoms. The van der Waals surface area contributed by atoms with E-state index in [1.54, 1.807) is 0 Å². The maximum Gasteiger partial charge on any atom is 0.158 e. The summed E-state index contributed by atoms with van der Waals surface area (Å²) in [6.45, 7) is 5.14. The number of hydrogen-bond donors (Lipinski definition) is 0. The fourth-order valence-corrected chi connectivity index (χ4v) is 1.66. The molecule has 0 aromatic heterocycles. The van der Waals surface area contributed by atoms with E-state index >= 15 is 0 Å². The highest BCUT2D eigenvalue weighted by molar-refractivity contribution is 6.23. The van der Waals surface area contributed by atoms with Crippen LogP contribution in [0.4, 0.5) is 0 Å². The predicted molar refractivity (Wildman–Crippen MR) is 54.0 cm³/mol. The van der Waals surface area contributed by atoms with Crippen LogP contribution in [0.2, 0.25) is 0 Å². The first-order valence-electron chi connectivity index (χ1n) is 4.83. The maximum absolute atomic E-state index is 8.68. The van der Waals surface area contributed by atoms with Crippen molar-refractivity contribution >= 4 is 11.6 Å². The summed E-state index contributed by atoms with van der Waals surface area (Å²) in [5, 5.41) is 8.68. The summed E-state index contributed by atoms with van der Waals surface area (Å²) in [7, 11) is 0. The molecule has 0 aliphatic carbocycles. The van der Waals surface area contributed by atoms with E-state index in [0.717, 1.165) is 0 Å². The normalized spacial score (nSPS) is 20.7. The molecular weight excluding hydrogens is 202 g/mol. The number of halogens is 1. The Bertz CT molecular complexity index is 213. The van der Waals surface area contributed by atoms with E-state index in [-0.39, 0.29) is 17.1 Å². The Kier molecular flexibility index (Phi) is 4.18. The van der Waals surface area contributed by atoms with Crippen molar-refractivity contribution in [3.8, 4) is 6.07 Å². The van der Waals surface area contributed by atoms with Gasteiger partial charge < -0.3 is 9.47 Å². The average molecular weight is 218 g/mol. The Labute approximate surface area is 89.9 Å². The zero-order valence-electron chi connectivity index (χ0n) is 8.62. The molecule has 0 aromatic carbocycles. The summed E-state index contributed by atoms with van der Waals surface area (Å²) in [5.74, 6) is 0.109. The molecule has 0 radical (unpaired) electrons. The van der Waals surface area contributed by atoms with Crippen molar-refractivity contribution in [2.45, 2.75) is 37.9 Å². The minimum atomic E-state index is -0.384. The van der Waals surface area contributed by atoms with Gasteiger partial charge >= 0.3 is 0 Å². The largest absolute Gasteiger partial charge is 0.350 e. The zero-order valence-corrected chi connectivity index (χ0v) is 9.38. The van der Waals surface area contributed by atoms with Gasteiger partial charge in [0.1, 0.15) is 0 Å². The molecule has 1 saturated heterocycles. The second kappa shape index (κ2) is 4.97. The highest BCUT2D eigenvalue weighted by Gasteiger charge is 2.31. The van der Waals surface area contributed by atoms with Crippen molar-refractivity contribution < 1.29 is 9.47 Å². The van der Waals surface area contributed by atoms with E-state index in [4.69, 9.17) is 26.3 Å². The van der Waals surface area contributed by atoms with Crippen LogP contribution in [-0.2, 0) is 9.47 Å². The molecule has 0 N–H and O–H groups in total. The summed E-state index contributed by atoms with van der Waals surface area (Å²) in [5.41, 5.74) is 0.